The molecule has 0 aliphatic carbocycles. The van der Waals surface area contributed by atoms with Crippen LogP contribution in [-0.4, -0.2) is 193 Å². The highest BCUT2D eigenvalue weighted by Crippen LogP contribution is 2.01. The molecule has 0 aromatic heterocycles. The topological polar surface area (TPSA) is 212 Å². The number of aliphatic carboxylic acids is 2. The molecule has 18 heteroatoms. The molecule has 0 aliphatic rings. The normalized spacial score (nSPS) is 11.3. The summed E-state index contributed by atoms with van der Waals surface area (Å²) in [5.74, 6) is -2.10. The summed E-state index contributed by atoms with van der Waals surface area (Å²) in [7, 11) is 0. The molecule has 0 rings (SSSR count). The van der Waals surface area contributed by atoms with E-state index < -0.39 is 11.9 Å². The maximum Gasteiger partial charge on any atom is 0.305 e. The summed E-state index contributed by atoms with van der Waals surface area (Å²) in [6, 6.07) is 0. The standard InChI is InChI=1S/C33H62O18/c34-31(35)3-1-2-4-33(38)51-30-29-50-28-27-49-26-25-48-24-23-47-22-21-46-20-19-45-18-17-44-16-15-43-14-13-42-12-11-41-10-9-40-8-7-39-6-5-32(36)37/h1-30H2,(H,34,35)(H,36,37). The van der Waals surface area contributed by atoms with E-state index in [-0.39, 0.29) is 45.1 Å². The van der Waals surface area contributed by atoms with E-state index in [0.717, 1.165) is 0 Å². The highest BCUT2D eigenvalue weighted by atomic mass is 16.6. The number of carboxylic acids is 2. The third kappa shape index (κ3) is 45.9. The largest absolute Gasteiger partial charge is 0.481 e. The fraction of sp³-hybridized carbons (Fsp3) is 0.909. The second-order valence-corrected chi connectivity index (χ2v) is 10.3. The number of carbonyl (C=O) groups excluding carboxylic acids is 1. The quantitative estimate of drug-likeness (QED) is 0.0653. The van der Waals surface area contributed by atoms with Crippen LogP contribution in [0.25, 0.3) is 0 Å². The number of rotatable bonds is 44. The Hall–Kier alpha value is -2.07. The fourth-order valence-electron chi connectivity index (χ4n) is 3.51. The average Bonchev–Trinajstić information content (AvgIpc) is 3.11. The van der Waals surface area contributed by atoms with Gasteiger partial charge in [0.25, 0.3) is 0 Å². The molecule has 302 valence electrons. The van der Waals surface area contributed by atoms with E-state index in [2.05, 4.69) is 0 Å². The van der Waals surface area contributed by atoms with E-state index >= 15 is 0 Å². The lowest BCUT2D eigenvalue weighted by atomic mass is 10.2. The van der Waals surface area contributed by atoms with Gasteiger partial charge in [0, 0.05) is 12.8 Å². The molecule has 0 bridgehead atoms. The lowest BCUT2D eigenvalue weighted by Crippen LogP contribution is -2.16. The second-order valence-electron chi connectivity index (χ2n) is 10.3. The van der Waals surface area contributed by atoms with Crippen LogP contribution in [0.1, 0.15) is 32.1 Å². The lowest BCUT2D eigenvalue weighted by Gasteiger charge is -2.09. The molecular formula is C33H62O18. The molecule has 0 aromatic rings. The molecule has 0 atom stereocenters. The van der Waals surface area contributed by atoms with Gasteiger partial charge in [-0.25, -0.2) is 0 Å². The highest BCUT2D eigenvalue weighted by molar-refractivity contribution is 5.69. The minimum atomic E-state index is -0.881. The molecule has 0 fully saturated rings. The molecule has 0 aromatic carbocycles. The summed E-state index contributed by atoms with van der Waals surface area (Å²) in [6.45, 7) is 10.5. The first-order valence-electron chi connectivity index (χ1n) is 17.5. The van der Waals surface area contributed by atoms with E-state index in [4.69, 9.17) is 71.8 Å². The molecule has 0 radical (unpaired) electrons. The fourth-order valence-corrected chi connectivity index (χ4v) is 3.51. The van der Waals surface area contributed by atoms with Gasteiger partial charge in [-0.3, -0.25) is 14.4 Å². The molecule has 0 amide bonds. The van der Waals surface area contributed by atoms with Crippen molar-refractivity contribution in [2.45, 2.75) is 32.1 Å². The molecule has 0 saturated heterocycles. The summed E-state index contributed by atoms with van der Waals surface area (Å²) < 4.78 is 69.7. The summed E-state index contributed by atoms with van der Waals surface area (Å²) >= 11 is 0. The van der Waals surface area contributed by atoms with Crippen molar-refractivity contribution in [1.29, 1.82) is 0 Å². The van der Waals surface area contributed by atoms with Crippen molar-refractivity contribution in [3.05, 3.63) is 0 Å². The van der Waals surface area contributed by atoms with Gasteiger partial charge < -0.3 is 71.8 Å². The maximum absolute atomic E-state index is 11.5. The third-order valence-corrected chi connectivity index (χ3v) is 6.06. The van der Waals surface area contributed by atoms with E-state index in [1.165, 1.54) is 0 Å². The number of hydrogen-bond acceptors (Lipinski definition) is 16. The van der Waals surface area contributed by atoms with Crippen molar-refractivity contribution >= 4 is 17.9 Å². The number of unbranched alkanes of at least 4 members (excludes halogenated alkanes) is 1. The zero-order valence-electron chi connectivity index (χ0n) is 30.1. The Morgan fingerprint density at radius 3 is 0.745 bits per heavy atom. The van der Waals surface area contributed by atoms with Crippen LogP contribution in [0, 0.1) is 0 Å². The maximum atomic E-state index is 11.5. The van der Waals surface area contributed by atoms with Crippen LogP contribution >= 0.6 is 0 Å². The van der Waals surface area contributed by atoms with Gasteiger partial charge in [-0.05, 0) is 12.8 Å². The summed E-state index contributed by atoms with van der Waals surface area (Å²) in [5.41, 5.74) is 0. The van der Waals surface area contributed by atoms with Crippen molar-refractivity contribution < 1.29 is 86.2 Å². The van der Waals surface area contributed by atoms with Crippen LogP contribution in [0.5, 0.6) is 0 Å². The molecule has 18 nitrogen and oxygen atoms in total. The van der Waals surface area contributed by atoms with E-state index in [1.54, 1.807) is 0 Å². The zero-order valence-corrected chi connectivity index (χ0v) is 30.1. The van der Waals surface area contributed by atoms with Crippen LogP contribution in [-0.2, 0) is 76.0 Å². The van der Waals surface area contributed by atoms with Gasteiger partial charge in [0.15, 0.2) is 0 Å². The predicted octanol–water partition coefficient (Wildman–Crippen LogP) is 0.849. The average molecular weight is 747 g/mol. The Labute approximate surface area is 301 Å². The van der Waals surface area contributed by atoms with Crippen LogP contribution in [0.15, 0.2) is 0 Å². The Balaban J connectivity index is 3.10. The molecule has 0 spiro atoms. The number of ether oxygens (including phenoxy) is 13. The van der Waals surface area contributed by atoms with Crippen molar-refractivity contribution in [2.75, 3.05) is 165 Å². The Morgan fingerprint density at radius 1 is 0.275 bits per heavy atom. The summed E-state index contributed by atoms with van der Waals surface area (Å²) in [6.07, 6.45) is 1.20. The van der Waals surface area contributed by atoms with Crippen molar-refractivity contribution in [2.24, 2.45) is 0 Å². The highest BCUT2D eigenvalue weighted by Gasteiger charge is 2.04. The van der Waals surface area contributed by atoms with E-state index in [0.29, 0.717) is 158 Å². The molecular weight excluding hydrogens is 684 g/mol. The van der Waals surface area contributed by atoms with Crippen molar-refractivity contribution in [3.8, 4) is 0 Å². The number of esters is 1. The first-order valence-corrected chi connectivity index (χ1v) is 17.5. The van der Waals surface area contributed by atoms with Gasteiger partial charge in [0.2, 0.25) is 0 Å². The monoisotopic (exact) mass is 746 g/mol. The zero-order chi connectivity index (χ0) is 37.1. The van der Waals surface area contributed by atoms with E-state index in [1.807, 2.05) is 0 Å². The van der Waals surface area contributed by atoms with Gasteiger partial charge in [-0.15, -0.1) is 0 Å². The first kappa shape index (κ1) is 48.9. The minimum absolute atomic E-state index is 0.0100. The van der Waals surface area contributed by atoms with Crippen LogP contribution in [0.4, 0.5) is 0 Å². The molecule has 0 unspecified atom stereocenters. The third-order valence-electron chi connectivity index (χ3n) is 6.06. The molecule has 0 saturated carbocycles. The molecule has 0 heterocycles. The van der Waals surface area contributed by atoms with Gasteiger partial charge in [-0.2, -0.15) is 0 Å². The van der Waals surface area contributed by atoms with Gasteiger partial charge in [0.05, 0.1) is 165 Å². The SMILES string of the molecule is O=C(O)CCCCC(=O)OCCOCCOCCOCCOCCOCCOCCOCCOCCOCCOCCOCCOCCC(=O)O. The Bertz CT molecular complexity index is 759. The number of hydrogen-bond donors (Lipinski definition) is 2. The van der Waals surface area contributed by atoms with E-state index in [9.17, 15) is 14.4 Å². The molecule has 0 aliphatic heterocycles. The van der Waals surface area contributed by atoms with Crippen molar-refractivity contribution in [1.82, 2.24) is 0 Å². The van der Waals surface area contributed by atoms with Gasteiger partial charge in [-0.1, -0.05) is 0 Å². The van der Waals surface area contributed by atoms with Gasteiger partial charge >= 0.3 is 17.9 Å². The molecule has 2 N–H and O–H groups in total. The predicted molar refractivity (Wildman–Crippen MR) is 179 cm³/mol. The minimum Gasteiger partial charge on any atom is -0.481 e. The summed E-state index contributed by atoms with van der Waals surface area (Å²) in [5, 5.41) is 17.0. The lowest BCUT2D eigenvalue weighted by molar-refractivity contribution is -0.146. The Morgan fingerprint density at radius 2 is 0.490 bits per heavy atom. The van der Waals surface area contributed by atoms with Crippen LogP contribution in [0.2, 0.25) is 0 Å². The summed E-state index contributed by atoms with van der Waals surface area (Å²) in [4.78, 5) is 32.2. The smallest absolute Gasteiger partial charge is 0.305 e. The first-order chi connectivity index (χ1) is 25.0. The number of carboxylic acid groups (broad SMARTS) is 2. The Kier molecular flexibility index (Phi) is 40.6. The number of carbonyl (C=O) groups is 3. The van der Waals surface area contributed by atoms with Crippen LogP contribution < -0.4 is 0 Å². The molecule has 51 heavy (non-hydrogen) atoms. The second kappa shape index (κ2) is 42.3. The van der Waals surface area contributed by atoms with Gasteiger partial charge in [0.1, 0.15) is 6.61 Å². The van der Waals surface area contributed by atoms with Crippen molar-refractivity contribution in [3.63, 3.8) is 0 Å². The van der Waals surface area contributed by atoms with Crippen LogP contribution in [0.3, 0.4) is 0 Å².